The Morgan fingerprint density at radius 1 is 1.21 bits per heavy atom. The summed E-state index contributed by atoms with van der Waals surface area (Å²) in [5.74, 6) is 0.913. The first kappa shape index (κ1) is 13.7. The van der Waals surface area contributed by atoms with Gasteiger partial charge in [0, 0.05) is 11.6 Å². The van der Waals surface area contributed by atoms with Crippen molar-refractivity contribution in [3.05, 3.63) is 23.8 Å². The lowest BCUT2D eigenvalue weighted by atomic mass is 10.1. The van der Waals surface area contributed by atoms with Crippen molar-refractivity contribution in [1.82, 2.24) is 5.32 Å². The molecule has 0 aliphatic heterocycles. The summed E-state index contributed by atoms with van der Waals surface area (Å²) in [5.41, 5.74) is 0.468. The van der Waals surface area contributed by atoms with Crippen LogP contribution in [-0.2, 0) is 0 Å². The molecule has 5 heteroatoms. The van der Waals surface area contributed by atoms with E-state index in [4.69, 9.17) is 9.47 Å². The van der Waals surface area contributed by atoms with Gasteiger partial charge in [0.05, 0.1) is 26.4 Å². The van der Waals surface area contributed by atoms with Gasteiger partial charge in [-0.15, -0.1) is 0 Å². The second kappa shape index (κ2) is 5.93. The van der Waals surface area contributed by atoms with Crippen LogP contribution in [0.1, 0.15) is 29.6 Å². The molecule has 19 heavy (non-hydrogen) atoms. The number of carbonyl (C=O) groups excluding carboxylic acids is 1. The van der Waals surface area contributed by atoms with Crippen molar-refractivity contribution in [2.45, 2.75) is 31.4 Å². The second-order valence-corrected chi connectivity index (χ2v) is 4.68. The summed E-state index contributed by atoms with van der Waals surface area (Å²) in [7, 11) is 3.08. The lowest BCUT2D eigenvalue weighted by Gasteiger charge is -2.17. The van der Waals surface area contributed by atoms with Crippen molar-refractivity contribution in [3.8, 4) is 11.5 Å². The van der Waals surface area contributed by atoms with Crippen LogP contribution < -0.4 is 14.8 Å². The monoisotopic (exact) mass is 265 g/mol. The fourth-order valence-electron chi connectivity index (χ4n) is 2.30. The molecular weight excluding hydrogens is 246 g/mol. The zero-order chi connectivity index (χ0) is 13.8. The number of methoxy groups -OCH3 is 2. The van der Waals surface area contributed by atoms with Crippen LogP contribution in [0.3, 0.4) is 0 Å². The summed E-state index contributed by atoms with van der Waals surface area (Å²) in [6.07, 6.45) is 2.05. The van der Waals surface area contributed by atoms with Crippen LogP contribution in [0.2, 0.25) is 0 Å². The van der Waals surface area contributed by atoms with Gasteiger partial charge in [0.1, 0.15) is 11.5 Å². The zero-order valence-corrected chi connectivity index (χ0v) is 11.2. The molecule has 2 N–H and O–H groups in total. The first-order valence-electron chi connectivity index (χ1n) is 6.36. The summed E-state index contributed by atoms with van der Waals surface area (Å²) in [6.45, 7) is 0. The molecule has 1 amide bonds. The zero-order valence-electron chi connectivity index (χ0n) is 11.2. The molecule has 0 bridgehead atoms. The SMILES string of the molecule is COc1cc(OC)cc(C(=O)NC2CCCC2O)c1. The van der Waals surface area contributed by atoms with Crippen molar-refractivity contribution >= 4 is 5.91 Å². The Bertz CT molecular complexity index is 439. The van der Waals surface area contributed by atoms with Crippen molar-refractivity contribution < 1.29 is 19.4 Å². The number of aliphatic hydroxyl groups is 1. The molecule has 1 saturated carbocycles. The molecule has 2 unspecified atom stereocenters. The fourth-order valence-corrected chi connectivity index (χ4v) is 2.30. The number of carbonyl (C=O) groups is 1. The highest BCUT2D eigenvalue weighted by Crippen LogP contribution is 2.24. The maximum atomic E-state index is 12.1. The summed E-state index contributed by atoms with van der Waals surface area (Å²) < 4.78 is 10.3. The Labute approximate surface area is 112 Å². The van der Waals surface area contributed by atoms with Crippen molar-refractivity contribution in [2.24, 2.45) is 0 Å². The predicted molar refractivity (Wildman–Crippen MR) is 70.7 cm³/mol. The Morgan fingerprint density at radius 2 is 1.84 bits per heavy atom. The highest BCUT2D eigenvalue weighted by atomic mass is 16.5. The topological polar surface area (TPSA) is 67.8 Å². The maximum Gasteiger partial charge on any atom is 0.251 e. The summed E-state index contributed by atoms with van der Waals surface area (Å²) in [5, 5.41) is 12.6. The Morgan fingerprint density at radius 3 is 2.32 bits per heavy atom. The van der Waals surface area contributed by atoms with E-state index in [0.717, 1.165) is 19.3 Å². The summed E-state index contributed by atoms with van der Waals surface area (Å²) in [4.78, 5) is 12.1. The lowest BCUT2D eigenvalue weighted by molar-refractivity contribution is 0.0872. The van der Waals surface area contributed by atoms with Crippen LogP contribution in [0.4, 0.5) is 0 Å². The predicted octanol–water partition coefficient (Wildman–Crippen LogP) is 1.35. The molecule has 2 atom stereocenters. The molecule has 5 nitrogen and oxygen atoms in total. The third-order valence-electron chi connectivity index (χ3n) is 3.41. The number of ether oxygens (including phenoxy) is 2. The number of rotatable bonds is 4. The number of amides is 1. The van der Waals surface area contributed by atoms with Crippen LogP contribution in [-0.4, -0.2) is 37.4 Å². The van der Waals surface area contributed by atoms with Gasteiger partial charge in [0.2, 0.25) is 0 Å². The van der Waals surface area contributed by atoms with E-state index in [-0.39, 0.29) is 11.9 Å². The van der Waals surface area contributed by atoms with Gasteiger partial charge in [0.25, 0.3) is 5.91 Å². The van der Waals surface area contributed by atoms with Crippen molar-refractivity contribution in [2.75, 3.05) is 14.2 Å². The van der Waals surface area contributed by atoms with E-state index in [2.05, 4.69) is 5.32 Å². The molecule has 1 aromatic rings. The average molecular weight is 265 g/mol. The Balaban J connectivity index is 2.13. The molecule has 1 aliphatic rings. The first-order chi connectivity index (χ1) is 9.13. The highest BCUT2D eigenvalue weighted by Gasteiger charge is 2.27. The third-order valence-corrected chi connectivity index (χ3v) is 3.41. The van der Waals surface area contributed by atoms with Gasteiger partial charge < -0.3 is 19.9 Å². The molecule has 0 spiro atoms. The van der Waals surface area contributed by atoms with Crippen LogP contribution >= 0.6 is 0 Å². The summed E-state index contributed by atoms with van der Waals surface area (Å²) >= 11 is 0. The van der Waals surface area contributed by atoms with E-state index in [1.165, 1.54) is 14.2 Å². The molecule has 1 aromatic carbocycles. The second-order valence-electron chi connectivity index (χ2n) is 4.68. The van der Waals surface area contributed by atoms with Crippen LogP contribution in [0.5, 0.6) is 11.5 Å². The van der Waals surface area contributed by atoms with Crippen LogP contribution in [0, 0.1) is 0 Å². The number of aliphatic hydroxyl groups excluding tert-OH is 1. The largest absolute Gasteiger partial charge is 0.497 e. The number of benzene rings is 1. The molecule has 0 heterocycles. The minimum Gasteiger partial charge on any atom is -0.497 e. The minimum atomic E-state index is -0.448. The number of hydrogen-bond donors (Lipinski definition) is 2. The Kier molecular flexibility index (Phi) is 4.27. The molecule has 104 valence electrons. The number of nitrogens with one attached hydrogen (secondary N) is 1. The van der Waals surface area contributed by atoms with Gasteiger partial charge in [-0.25, -0.2) is 0 Å². The highest BCUT2D eigenvalue weighted by molar-refractivity contribution is 5.95. The van der Waals surface area contributed by atoms with E-state index in [0.29, 0.717) is 17.1 Å². The Hall–Kier alpha value is -1.75. The normalized spacial score (nSPS) is 22.1. The van der Waals surface area contributed by atoms with E-state index in [9.17, 15) is 9.90 Å². The summed E-state index contributed by atoms with van der Waals surface area (Å²) in [6, 6.07) is 4.85. The molecule has 1 fully saturated rings. The first-order valence-corrected chi connectivity index (χ1v) is 6.36. The maximum absolute atomic E-state index is 12.1. The minimum absolute atomic E-state index is 0.162. The fraction of sp³-hybridized carbons (Fsp3) is 0.500. The molecular formula is C14H19NO4. The van der Waals surface area contributed by atoms with Gasteiger partial charge in [-0.05, 0) is 31.4 Å². The van der Waals surface area contributed by atoms with E-state index in [1.54, 1.807) is 18.2 Å². The van der Waals surface area contributed by atoms with Crippen molar-refractivity contribution in [1.29, 1.82) is 0 Å². The van der Waals surface area contributed by atoms with Crippen molar-refractivity contribution in [3.63, 3.8) is 0 Å². The van der Waals surface area contributed by atoms with Crippen LogP contribution in [0.15, 0.2) is 18.2 Å². The molecule has 2 rings (SSSR count). The van der Waals surface area contributed by atoms with E-state index >= 15 is 0 Å². The van der Waals surface area contributed by atoms with Gasteiger partial charge >= 0.3 is 0 Å². The quantitative estimate of drug-likeness (QED) is 0.862. The van der Waals surface area contributed by atoms with Gasteiger partial charge in [-0.3, -0.25) is 4.79 Å². The van der Waals surface area contributed by atoms with Gasteiger partial charge in [-0.2, -0.15) is 0 Å². The van der Waals surface area contributed by atoms with E-state index < -0.39 is 6.10 Å². The molecule has 0 saturated heterocycles. The van der Waals surface area contributed by atoms with Gasteiger partial charge in [-0.1, -0.05) is 0 Å². The van der Waals surface area contributed by atoms with E-state index in [1.807, 2.05) is 0 Å². The lowest BCUT2D eigenvalue weighted by Crippen LogP contribution is -2.39. The smallest absolute Gasteiger partial charge is 0.251 e. The number of hydrogen-bond acceptors (Lipinski definition) is 4. The standard InChI is InChI=1S/C14H19NO4/c1-18-10-6-9(7-11(8-10)19-2)14(17)15-12-4-3-5-13(12)16/h6-8,12-13,16H,3-5H2,1-2H3,(H,15,17). The average Bonchev–Trinajstić information content (AvgIpc) is 2.83. The van der Waals surface area contributed by atoms with Crippen LogP contribution in [0.25, 0.3) is 0 Å². The molecule has 0 aromatic heterocycles. The third kappa shape index (κ3) is 3.17. The van der Waals surface area contributed by atoms with Gasteiger partial charge in [0.15, 0.2) is 0 Å². The molecule has 1 aliphatic carbocycles. The molecule has 0 radical (unpaired) electrons.